The van der Waals surface area contributed by atoms with Gasteiger partial charge in [-0.05, 0) is 20.8 Å². The number of aromatic amines is 1. The molecular weight excluding hydrogens is 226 g/mol. The smallest absolute Gasteiger partial charge is 0.414 e. The summed E-state index contributed by atoms with van der Waals surface area (Å²) in [6, 6.07) is 0. The zero-order chi connectivity index (χ0) is 13.1. The number of amides is 1. The van der Waals surface area contributed by atoms with Crippen molar-refractivity contribution in [2.24, 2.45) is 0 Å². The Hall–Kier alpha value is -2.05. The Bertz CT molecular complexity index is 419. The van der Waals surface area contributed by atoms with Crippen LogP contribution in [0.15, 0.2) is 6.20 Å². The highest BCUT2D eigenvalue weighted by molar-refractivity contribution is 5.88. The molecular formula is C10H15N3O4. The summed E-state index contributed by atoms with van der Waals surface area (Å²) in [7, 11) is 1.25. The molecule has 1 aromatic heterocycles. The molecule has 0 aliphatic heterocycles. The molecule has 0 radical (unpaired) electrons. The number of esters is 1. The summed E-state index contributed by atoms with van der Waals surface area (Å²) in [6.07, 6.45) is 0.613. The number of aromatic nitrogens is 2. The van der Waals surface area contributed by atoms with E-state index < -0.39 is 17.7 Å². The predicted octanol–water partition coefficient (Wildman–Crippen LogP) is 1.54. The molecule has 7 heteroatoms. The first-order valence-electron chi connectivity index (χ1n) is 4.95. The lowest BCUT2D eigenvalue weighted by molar-refractivity contribution is 0.0590. The predicted molar refractivity (Wildman–Crippen MR) is 59.8 cm³/mol. The van der Waals surface area contributed by atoms with Gasteiger partial charge in [-0.25, -0.2) is 14.6 Å². The molecule has 17 heavy (non-hydrogen) atoms. The molecule has 0 saturated heterocycles. The number of hydrogen-bond donors (Lipinski definition) is 2. The van der Waals surface area contributed by atoms with Gasteiger partial charge in [-0.15, -0.1) is 0 Å². The van der Waals surface area contributed by atoms with Crippen LogP contribution in [0.25, 0.3) is 0 Å². The fraction of sp³-hybridized carbons (Fsp3) is 0.500. The summed E-state index contributed by atoms with van der Waals surface area (Å²) < 4.78 is 9.49. The van der Waals surface area contributed by atoms with Crippen molar-refractivity contribution >= 4 is 18.0 Å². The molecule has 0 aromatic carbocycles. The SMILES string of the molecule is COC(=O)c1cnc(NC(=O)OC(C)(C)C)[nH]1. The molecule has 1 rings (SSSR count). The molecule has 1 heterocycles. The van der Waals surface area contributed by atoms with E-state index in [2.05, 4.69) is 20.0 Å². The molecule has 0 atom stereocenters. The number of methoxy groups -OCH3 is 1. The van der Waals surface area contributed by atoms with Gasteiger partial charge in [0, 0.05) is 0 Å². The first-order valence-corrected chi connectivity index (χ1v) is 4.95. The third kappa shape index (κ3) is 4.13. The standard InChI is InChI=1S/C10H15N3O4/c1-10(2,3)17-9(15)13-8-11-5-6(12-8)7(14)16-4/h5H,1-4H3,(H2,11,12,13,15). The number of carbonyl (C=O) groups excluding carboxylic acids is 2. The number of ether oxygens (including phenoxy) is 2. The van der Waals surface area contributed by atoms with Crippen molar-refractivity contribution in [3.8, 4) is 0 Å². The van der Waals surface area contributed by atoms with Gasteiger partial charge in [0.25, 0.3) is 0 Å². The molecule has 1 amide bonds. The molecule has 2 N–H and O–H groups in total. The second-order valence-electron chi connectivity index (χ2n) is 4.26. The summed E-state index contributed by atoms with van der Waals surface area (Å²) in [4.78, 5) is 28.8. The van der Waals surface area contributed by atoms with E-state index in [4.69, 9.17) is 4.74 Å². The lowest BCUT2D eigenvalue weighted by atomic mass is 10.2. The highest BCUT2D eigenvalue weighted by Crippen LogP contribution is 2.09. The van der Waals surface area contributed by atoms with Gasteiger partial charge < -0.3 is 14.5 Å². The molecule has 0 unspecified atom stereocenters. The van der Waals surface area contributed by atoms with Gasteiger partial charge in [0.1, 0.15) is 11.3 Å². The normalized spacial score (nSPS) is 10.8. The Balaban J connectivity index is 2.61. The van der Waals surface area contributed by atoms with Gasteiger partial charge in [0.05, 0.1) is 13.3 Å². The zero-order valence-corrected chi connectivity index (χ0v) is 10.2. The maximum absolute atomic E-state index is 11.4. The molecule has 0 saturated carbocycles. The molecule has 94 valence electrons. The van der Waals surface area contributed by atoms with Crippen LogP contribution in [0.4, 0.5) is 10.7 Å². The molecule has 0 fully saturated rings. The molecule has 0 bridgehead atoms. The highest BCUT2D eigenvalue weighted by atomic mass is 16.6. The largest absolute Gasteiger partial charge is 0.464 e. The minimum atomic E-state index is -0.650. The number of rotatable bonds is 2. The highest BCUT2D eigenvalue weighted by Gasteiger charge is 2.17. The van der Waals surface area contributed by atoms with E-state index in [-0.39, 0.29) is 11.6 Å². The summed E-state index contributed by atoms with van der Waals surface area (Å²) in [5, 5.41) is 2.36. The maximum atomic E-state index is 11.4. The van der Waals surface area contributed by atoms with Crippen LogP contribution < -0.4 is 5.32 Å². The van der Waals surface area contributed by atoms with Crippen molar-refractivity contribution in [1.29, 1.82) is 0 Å². The first-order chi connectivity index (χ1) is 7.81. The second-order valence-corrected chi connectivity index (χ2v) is 4.26. The van der Waals surface area contributed by atoms with Gasteiger partial charge >= 0.3 is 12.1 Å². The Morgan fingerprint density at radius 1 is 1.41 bits per heavy atom. The van der Waals surface area contributed by atoms with Crippen LogP contribution in [0.2, 0.25) is 0 Å². The lowest BCUT2D eigenvalue weighted by Gasteiger charge is -2.18. The van der Waals surface area contributed by atoms with Crippen LogP contribution in [0, 0.1) is 0 Å². The van der Waals surface area contributed by atoms with Crippen LogP contribution in [0.3, 0.4) is 0 Å². The summed E-state index contributed by atoms with van der Waals surface area (Å²) >= 11 is 0. The van der Waals surface area contributed by atoms with Crippen LogP contribution >= 0.6 is 0 Å². The number of carbonyl (C=O) groups is 2. The Morgan fingerprint density at radius 2 is 2.06 bits per heavy atom. The van der Waals surface area contributed by atoms with Gasteiger partial charge in [-0.1, -0.05) is 0 Å². The van der Waals surface area contributed by atoms with Crippen molar-refractivity contribution in [3.05, 3.63) is 11.9 Å². The van der Waals surface area contributed by atoms with Crippen molar-refractivity contribution < 1.29 is 19.1 Å². The van der Waals surface area contributed by atoms with E-state index in [1.807, 2.05) is 0 Å². The number of nitrogens with zero attached hydrogens (tertiary/aromatic N) is 1. The van der Waals surface area contributed by atoms with Crippen molar-refractivity contribution in [1.82, 2.24) is 9.97 Å². The summed E-state index contributed by atoms with van der Waals surface area (Å²) in [5.41, 5.74) is -0.444. The molecule has 0 spiro atoms. The third-order valence-electron chi connectivity index (χ3n) is 1.60. The molecule has 0 aliphatic rings. The Labute approximate surface area is 98.5 Å². The molecule has 1 aromatic rings. The Morgan fingerprint density at radius 3 is 2.59 bits per heavy atom. The lowest BCUT2D eigenvalue weighted by Crippen LogP contribution is -2.27. The quantitative estimate of drug-likeness (QED) is 0.766. The fourth-order valence-corrected chi connectivity index (χ4v) is 0.999. The van der Waals surface area contributed by atoms with E-state index >= 15 is 0 Å². The van der Waals surface area contributed by atoms with E-state index in [1.54, 1.807) is 20.8 Å². The van der Waals surface area contributed by atoms with Crippen molar-refractivity contribution in [3.63, 3.8) is 0 Å². The van der Waals surface area contributed by atoms with Crippen LogP contribution in [-0.2, 0) is 9.47 Å². The van der Waals surface area contributed by atoms with Gasteiger partial charge in [0.2, 0.25) is 5.95 Å². The monoisotopic (exact) mass is 241 g/mol. The topological polar surface area (TPSA) is 93.3 Å². The second kappa shape index (κ2) is 4.86. The molecule has 7 nitrogen and oxygen atoms in total. The number of H-pyrrole nitrogens is 1. The van der Waals surface area contributed by atoms with Gasteiger partial charge in [-0.3, -0.25) is 5.32 Å². The minimum absolute atomic E-state index is 0.125. The Kier molecular flexibility index (Phi) is 3.72. The van der Waals surface area contributed by atoms with E-state index in [1.165, 1.54) is 13.3 Å². The van der Waals surface area contributed by atoms with Crippen LogP contribution in [-0.4, -0.2) is 34.7 Å². The number of nitrogens with one attached hydrogen (secondary N) is 2. The van der Waals surface area contributed by atoms with E-state index in [0.29, 0.717) is 0 Å². The number of imidazole rings is 1. The fourth-order valence-electron chi connectivity index (χ4n) is 0.999. The number of hydrogen-bond acceptors (Lipinski definition) is 5. The first kappa shape index (κ1) is 13.0. The van der Waals surface area contributed by atoms with Gasteiger partial charge in [0.15, 0.2) is 0 Å². The minimum Gasteiger partial charge on any atom is -0.464 e. The van der Waals surface area contributed by atoms with E-state index in [9.17, 15) is 9.59 Å². The molecule has 0 aliphatic carbocycles. The third-order valence-corrected chi connectivity index (χ3v) is 1.60. The summed E-state index contributed by atoms with van der Waals surface area (Å²) in [5.74, 6) is -0.436. The zero-order valence-electron chi connectivity index (χ0n) is 10.2. The van der Waals surface area contributed by atoms with E-state index in [0.717, 1.165) is 0 Å². The van der Waals surface area contributed by atoms with Crippen LogP contribution in [0.5, 0.6) is 0 Å². The maximum Gasteiger partial charge on any atom is 0.414 e. The van der Waals surface area contributed by atoms with Gasteiger partial charge in [-0.2, -0.15) is 0 Å². The average molecular weight is 241 g/mol. The van der Waals surface area contributed by atoms with Crippen LogP contribution in [0.1, 0.15) is 31.3 Å². The van der Waals surface area contributed by atoms with Crippen molar-refractivity contribution in [2.75, 3.05) is 12.4 Å². The average Bonchev–Trinajstić information content (AvgIpc) is 2.62. The summed E-state index contributed by atoms with van der Waals surface area (Å²) in [6.45, 7) is 5.23. The van der Waals surface area contributed by atoms with Crippen molar-refractivity contribution in [2.45, 2.75) is 26.4 Å². The number of anilines is 1.